The summed E-state index contributed by atoms with van der Waals surface area (Å²) in [4.78, 5) is -0.528. The molecule has 0 saturated carbocycles. The SMILES string of the molecule is CCCCCCCc1ccc(Oc2c([O-])cccc2S(=O)(=O)O)cc1.[Na+]. The molecule has 0 unspecified atom stereocenters. The van der Waals surface area contributed by atoms with Crippen molar-refractivity contribution in [1.82, 2.24) is 0 Å². The Morgan fingerprint density at radius 1 is 1.00 bits per heavy atom. The topological polar surface area (TPSA) is 86.7 Å². The average molecular weight is 386 g/mol. The van der Waals surface area contributed by atoms with E-state index < -0.39 is 26.5 Å². The number of ether oxygens (including phenoxy) is 1. The molecular weight excluding hydrogens is 363 g/mol. The molecule has 5 nitrogen and oxygen atoms in total. The van der Waals surface area contributed by atoms with Crippen molar-refractivity contribution >= 4 is 10.1 Å². The van der Waals surface area contributed by atoms with Gasteiger partial charge in [-0.2, -0.15) is 8.42 Å². The Bertz CT molecular complexity index is 788. The Labute approximate surface area is 177 Å². The zero-order valence-electron chi connectivity index (χ0n) is 15.3. The Morgan fingerprint density at radius 3 is 2.27 bits per heavy atom. The van der Waals surface area contributed by atoms with Gasteiger partial charge in [-0.1, -0.05) is 62.6 Å². The Hall–Kier alpha value is -1.05. The van der Waals surface area contributed by atoms with E-state index in [0.717, 1.165) is 24.5 Å². The number of unbranched alkanes of at least 4 members (excludes halogenated alkanes) is 4. The van der Waals surface area contributed by atoms with Crippen LogP contribution in [0.1, 0.15) is 44.6 Å². The Balaban J connectivity index is 0.00000338. The van der Waals surface area contributed by atoms with Gasteiger partial charge in [-0.25, -0.2) is 0 Å². The van der Waals surface area contributed by atoms with Gasteiger partial charge in [-0.15, -0.1) is 0 Å². The van der Waals surface area contributed by atoms with E-state index in [1.165, 1.54) is 37.8 Å². The molecule has 0 aliphatic carbocycles. The maximum absolute atomic E-state index is 11.9. The van der Waals surface area contributed by atoms with Crippen LogP contribution in [-0.2, 0) is 16.5 Å². The van der Waals surface area contributed by atoms with Gasteiger partial charge in [0.1, 0.15) is 16.4 Å². The summed E-state index contributed by atoms with van der Waals surface area (Å²) in [6, 6.07) is 10.8. The summed E-state index contributed by atoms with van der Waals surface area (Å²) >= 11 is 0. The first-order valence-electron chi connectivity index (χ1n) is 8.46. The van der Waals surface area contributed by atoms with Crippen molar-refractivity contribution in [3.8, 4) is 17.2 Å². The minimum atomic E-state index is -4.53. The molecule has 0 atom stereocenters. The van der Waals surface area contributed by atoms with Crippen molar-refractivity contribution in [1.29, 1.82) is 0 Å². The third-order valence-electron chi connectivity index (χ3n) is 3.93. The summed E-state index contributed by atoms with van der Waals surface area (Å²) in [5, 5.41) is 11.9. The van der Waals surface area contributed by atoms with Crippen molar-refractivity contribution in [3.05, 3.63) is 48.0 Å². The molecule has 2 aromatic carbocycles. The van der Waals surface area contributed by atoms with Crippen LogP contribution in [0.15, 0.2) is 47.4 Å². The third kappa shape index (κ3) is 6.93. The molecular formula is C19H23NaO5S. The zero-order chi connectivity index (χ0) is 18.3. The van der Waals surface area contributed by atoms with Crippen molar-refractivity contribution in [2.24, 2.45) is 0 Å². The average Bonchev–Trinajstić information content (AvgIpc) is 2.57. The molecule has 1 N–H and O–H groups in total. The predicted molar refractivity (Wildman–Crippen MR) is 94.7 cm³/mol. The van der Waals surface area contributed by atoms with E-state index in [0.29, 0.717) is 5.75 Å². The Kier molecular flexibility index (Phi) is 9.68. The van der Waals surface area contributed by atoms with Crippen molar-refractivity contribution in [2.45, 2.75) is 50.3 Å². The van der Waals surface area contributed by atoms with Gasteiger partial charge in [-0.3, -0.25) is 4.55 Å². The van der Waals surface area contributed by atoms with E-state index in [-0.39, 0.29) is 29.6 Å². The van der Waals surface area contributed by atoms with Gasteiger partial charge in [0.2, 0.25) is 0 Å². The smallest absolute Gasteiger partial charge is 0.870 e. The largest absolute Gasteiger partial charge is 1.00 e. The van der Waals surface area contributed by atoms with Crippen LogP contribution in [0.5, 0.6) is 17.2 Å². The molecule has 0 saturated heterocycles. The van der Waals surface area contributed by atoms with Crippen LogP contribution in [0.2, 0.25) is 0 Å². The quantitative estimate of drug-likeness (QED) is 0.399. The van der Waals surface area contributed by atoms with E-state index in [2.05, 4.69) is 6.92 Å². The molecule has 136 valence electrons. The molecule has 0 aromatic heterocycles. The van der Waals surface area contributed by atoms with E-state index in [1.54, 1.807) is 12.1 Å². The fraction of sp³-hybridized carbons (Fsp3) is 0.368. The molecule has 0 spiro atoms. The van der Waals surface area contributed by atoms with Gasteiger partial charge < -0.3 is 9.84 Å². The molecule has 0 amide bonds. The number of rotatable bonds is 9. The standard InChI is InChI=1S/C19H24O5S.Na/c1-2-3-4-5-6-8-15-11-13-16(14-12-15)24-19-17(20)9-7-10-18(19)25(21,22)23;/h7,9-14,20H,2-6,8H2,1H3,(H,21,22,23);/q;+1/p-1. The number of hydrogen-bond donors (Lipinski definition) is 1. The number of benzene rings is 2. The number of hydrogen-bond acceptors (Lipinski definition) is 4. The third-order valence-corrected chi connectivity index (χ3v) is 4.81. The zero-order valence-corrected chi connectivity index (χ0v) is 18.1. The van der Waals surface area contributed by atoms with Gasteiger partial charge in [0.15, 0.2) is 0 Å². The summed E-state index contributed by atoms with van der Waals surface area (Å²) in [6.07, 6.45) is 7.02. The number of para-hydroxylation sites is 1. The second-order valence-corrected chi connectivity index (χ2v) is 7.36. The van der Waals surface area contributed by atoms with Gasteiger partial charge in [0.25, 0.3) is 10.1 Å². The summed E-state index contributed by atoms with van der Waals surface area (Å²) < 4.78 is 37.4. The first-order valence-corrected chi connectivity index (χ1v) is 9.90. The van der Waals surface area contributed by atoms with Crippen LogP contribution in [0.3, 0.4) is 0 Å². The Morgan fingerprint density at radius 2 is 1.65 bits per heavy atom. The van der Waals surface area contributed by atoms with Gasteiger partial charge in [0.05, 0.1) is 0 Å². The van der Waals surface area contributed by atoms with Crippen molar-refractivity contribution < 1.29 is 52.4 Å². The van der Waals surface area contributed by atoms with Crippen molar-refractivity contribution in [3.63, 3.8) is 0 Å². The first kappa shape index (κ1) is 23.0. The predicted octanol–water partition coefficient (Wildman–Crippen LogP) is 1.32. The monoisotopic (exact) mass is 386 g/mol. The first-order chi connectivity index (χ1) is 11.9. The molecule has 26 heavy (non-hydrogen) atoms. The maximum Gasteiger partial charge on any atom is 1.00 e. The molecule has 0 aliphatic rings. The van der Waals surface area contributed by atoms with Crippen LogP contribution >= 0.6 is 0 Å². The summed E-state index contributed by atoms with van der Waals surface area (Å²) in [7, 11) is -4.53. The second kappa shape index (κ2) is 10.9. The fourth-order valence-corrected chi connectivity index (χ4v) is 3.20. The summed E-state index contributed by atoms with van der Waals surface area (Å²) in [6.45, 7) is 2.19. The molecule has 0 radical (unpaired) electrons. The molecule has 0 heterocycles. The van der Waals surface area contributed by atoms with Crippen LogP contribution < -0.4 is 39.4 Å². The summed E-state index contributed by atoms with van der Waals surface area (Å²) in [5.41, 5.74) is 1.16. The number of aryl methyl sites for hydroxylation is 1. The van der Waals surface area contributed by atoms with Gasteiger partial charge in [0, 0.05) is 0 Å². The van der Waals surface area contributed by atoms with Crippen LogP contribution in [-0.4, -0.2) is 13.0 Å². The molecule has 0 fully saturated rings. The van der Waals surface area contributed by atoms with E-state index >= 15 is 0 Å². The van der Waals surface area contributed by atoms with E-state index in [4.69, 9.17) is 4.74 Å². The minimum absolute atomic E-state index is 0. The maximum atomic E-state index is 11.9. The van der Waals surface area contributed by atoms with E-state index in [9.17, 15) is 18.1 Å². The molecule has 2 rings (SSSR count). The fourth-order valence-electron chi connectivity index (χ4n) is 2.57. The molecule has 0 bridgehead atoms. The van der Waals surface area contributed by atoms with Crippen molar-refractivity contribution in [2.75, 3.05) is 0 Å². The van der Waals surface area contributed by atoms with Crippen LogP contribution in [0.4, 0.5) is 0 Å². The van der Waals surface area contributed by atoms with E-state index in [1.807, 2.05) is 12.1 Å². The van der Waals surface area contributed by atoms with Crippen LogP contribution in [0, 0.1) is 0 Å². The molecule has 0 aliphatic heterocycles. The van der Waals surface area contributed by atoms with Gasteiger partial charge >= 0.3 is 29.6 Å². The van der Waals surface area contributed by atoms with Crippen LogP contribution in [0.25, 0.3) is 0 Å². The minimum Gasteiger partial charge on any atom is -0.870 e. The summed E-state index contributed by atoms with van der Waals surface area (Å²) in [5.74, 6) is -0.643. The second-order valence-electron chi connectivity index (χ2n) is 5.97. The normalized spacial score (nSPS) is 11.0. The molecule has 7 heteroatoms. The molecule has 2 aromatic rings. The van der Waals surface area contributed by atoms with Gasteiger partial charge in [-0.05, 0) is 36.6 Å².